The van der Waals surface area contributed by atoms with Crippen molar-refractivity contribution in [2.24, 2.45) is 17.3 Å². The van der Waals surface area contributed by atoms with E-state index in [1.807, 2.05) is 0 Å². The molecular formula is C16H31NO. The molecule has 0 aromatic heterocycles. The summed E-state index contributed by atoms with van der Waals surface area (Å²) in [6.45, 7) is 12.5. The minimum Gasteiger partial charge on any atom is -0.378 e. The molecule has 2 heteroatoms. The fourth-order valence-electron chi connectivity index (χ4n) is 3.87. The van der Waals surface area contributed by atoms with Gasteiger partial charge in [-0.2, -0.15) is 0 Å². The van der Waals surface area contributed by atoms with E-state index >= 15 is 0 Å². The van der Waals surface area contributed by atoms with Crippen molar-refractivity contribution in [3.05, 3.63) is 0 Å². The highest BCUT2D eigenvalue weighted by molar-refractivity contribution is 5.06. The first-order chi connectivity index (χ1) is 8.52. The third-order valence-electron chi connectivity index (χ3n) is 5.99. The molecule has 2 fully saturated rings. The first-order valence-corrected chi connectivity index (χ1v) is 7.90. The normalized spacial score (nSPS) is 48.2. The fourth-order valence-corrected chi connectivity index (χ4v) is 3.87. The van der Waals surface area contributed by atoms with Crippen LogP contribution in [-0.4, -0.2) is 24.8 Å². The molecule has 0 spiro atoms. The summed E-state index contributed by atoms with van der Waals surface area (Å²) in [7, 11) is 0. The van der Waals surface area contributed by atoms with E-state index in [0.717, 1.165) is 24.5 Å². The summed E-state index contributed by atoms with van der Waals surface area (Å²) < 4.78 is 5.89. The first kappa shape index (κ1) is 14.3. The van der Waals surface area contributed by atoms with E-state index in [1.165, 1.54) is 25.7 Å². The standard InChI is InChI=1S/C16H31NO/c1-6-16(5)14(10-15(16)18-7-2)17-13-9-8-11(3)12(13)4/h11-15,17H,6-10H2,1-5H3. The zero-order chi connectivity index (χ0) is 13.3. The molecule has 0 aromatic rings. The third-order valence-corrected chi connectivity index (χ3v) is 5.99. The summed E-state index contributed by atoms with van der Waals surface area (Å²) in [6, 6.07) is 1.40. The van der Waals surface area contributed by atoms with Crippen LogP contribution in [0, 0.1) is 17.3 Å². The van der Waals surface area contributed by atoms with Gasteiger partial charge in [-0.05, 0) is 44.4 Å². The highest BCUT2D eigenvalue weighted by Gasteiger charge is 2.52. The largest absolute Gasteiger partial charge is 0.378 e. The second-order valence-corrected chi connectivity index (χ2v) is 6.78. The monoisotopic (exact) mass is 253 g/mol. The number of nitrogens with one attached hydrogen (secondary N) is 1. The predicted molar refractivity (Wildman–Crippen MR) is 76.7 cm³/mol. The molecule has 2 nitrogen and oxygen atoms in total. The maximum absolute atomic E-state index is 5.89. The van der Waals surface area contributed by atoms with E-state index in [0.29, 0.717) is 17.6 Å². The SMILES string of the molecule is CCOC1CC(NC2CCC(C)C2C)C1(C)CC. The zero-order valence-corrected chi connectivity index (χ0v) is 12.8. The van der Waals surface area contributed by atoms with Gasteiger partial charge in [-0.25, -0.2) is 0 Å². The lowest BCUT2D eigenvalue weighted by Gasteiger charge is -2.55. The van der Waals surface area contributed by atoms with Crippen LogP contribution in [0.4, 0.5) is 0 Å². The highest BCUT2D eigenvalue weighted by atomic mass is 16.5. The van der Waals surface area contributed by atoms with Gasteiger partial charge in [0.25, 0.3) is 0 Å². The van der Waals surface area contributed by atoms with Crippen LogP contribution in [0.3, 0.4) is 0 Å². The summed E-state index contributed by atoms with van der Waals surface area (Å²) in [5, 5.41) is 3.95. The van der Waals surface area contributed by atoms with Gasteiger partial charge in [0.1, 0.15) is 0 Å². The molecule has 6 unspecified atom stereocenters. The van der Waals surface area contributed by atoms with Gasteiger partial charge >= 0.3 is 0 Å². The van der Waals surface area contributed by atoms with Crippen LogP contribution in [0.5, 0.6) is 0 Å². The summed E-state index contributed by atoms with van der Waals surface area (Å²) in [5.41, 5.74) is 0.349. The molecule has 0 aromatic carbocycles. The van der Waals surface area contributed by atoms with Crippen LogP contribution in [0.15, 0.2) is 0 Å². The Kier molecular flexibility index (Phi) is 4.38. The van der Waals surface area contributed by atoms with Gasteiger partial charge in [-0.15, -0.1) is 0 Å². The van der Waals surface area contributed by atoms with E-state index < -0.39 is 0 Å². The molecule has 2 saturated carbocycles. The molecule has 0 amide bonds. The van der Waals surface area contributed by atoms with Crippen LogP contribution in [0.2, 0.25) is 0 Å². The molecule has 0 saturated heterocycles. The highest BCUT2D eigenvalue weighted by Crippen LogP contribution is 2.47. The fraction of sp³-hybridized carbons (Fsp3) is 1.00. The van der Waals surface area contributed by atoms with Crippen LogP contribution in [0.1, 0.15) is 60.3 Å². The molecule has 0 radical (unpaired) electrons. The molecule has 106 valence electrons. The van der Waals surface area contributed by atoms with Crippen molar-refractivity contribution in [1.82, 2.24) is 5.32 Å². The number of rotatable bonds is 5. The molecule has 6 atom stereocenters. The van der Waals surface area contributed by atoms with Gasteiger partial charge in [-0.1, -0.05) is 27.7 Å². The van der Waals surface area contributed by atoms with Gasteiger partial charge in [0.2, 0.25) is 0 Å². The van der Waals surface area contributed by atoms with Crippen LogP contribution in [0.25, 0.3) is 0 Å². The molecule has 18 heavy (non-hydrogen) atoms. The topological polar surface area (TPSA) is 21.3 Å². The number of hydrogen-bond donors (Lipinski definition) is 1. The molecule has 2 aliphatic rings. The van der Waals surface area contributed by atoms with E-state index in [1.54, 1.807) is 0 Å². The third kappa shape index (κ3) is 2.34. The summed E-state index contributed by atoms with van der Waals surface area (Å²) in [4.78, 5) is 0. The molecule has 0 bridgehead atoms. The van der Waals surface area contributed by atoms with Gasteiger partial charge in [0.15, 0.2) is 0 Å². The molecule has 1 N–H and O–H groups in total. The molecule has 0 heterocycles. The zero-order valence-electron chi connectivity index (χ0n) is 12.8. The number of ether oxygens (including phenoxy) is 1. The van der Waals surface area contributed by atoms with Gasteiger partial charge in [0, 0.05) is 24.1 Å². The second-order valence-electron chi connectivity index (χ2n) is 6.78. The van der Waals surface area contributed by atoms with Gasteiger partial charge in [0.05, 0.1) is 6.10 Å². The maximum Gasteiger partial charge on any atom is 0.0658 e. The van der Waals surface area contributed by atoms with E-state index in [4.69, 9.17) is 4.74 Å². The van der Waals surface area contributed by atoms with Crippen LogP contribution < -0.4 is 5.32 Å². The average Bonchev–Trinajstić information content (AvgIpc) is 2.68. The lowest BCUT2D eigenvalue weighted by atomic mass is 9.61. The van der Waals surface area contributed by atoms with Crippen LogP contribution in [-0.2, 0) is 4.74 Å². The van der Waals surface area contributed by atoms with E-state index in [-0.39, 0.29) is 0 Å². The Labute approximate surface area is 113 Å². The average molecular weight is 253 g/mol. The van der Waals surface area contributed by atoms with Crippen molar-refractivity contribution >= 4 is 0 Å². The van der Waals surface area contributed by atoms with Crippen molar-refractivity contribution in [3.63, 3.8) is 0 Å². The minimum atomic E-state index is 0.349. The minimum absolute atomic E-state index is 0.349. The molecular weight excluding hydrogens is 222 g/mol. The van der Waals surface area contributed by atoms with Crippen molar-refractivity contribution in [3.8, 4) is 0 Å². The van der Waals surface area contributed by atoms with Gasteiger partial charge < -0.3 is 10.1 Å². The summed E-state index contributed by atoms with van der Waals surface area (Å²) in [6.07, 6.45) is 5.64. The Morgan fingerprint density at radius 1 is 1.22 bits per heavy atom. The van der Waals surface area contributed by atoms with Crippen molar-refractivity contribution in [2.75, 3.05) is 6.61 Å². The quantitative estimate of drug-likeness (QED) is 0.808. The molecule has 2 aliphatic carbocycles. The van der Waals surface area contributed by atoms with Gasteiger partial charge in [-0.3, -0.25) is 0 Å². The lowest BCUT2D eigenvalue weighted by molar-refractivity contribution is -0.128. The summed E-state index contributed by atoms with van der Waals surface area (Å²) >= 11 is 0. The molecule has 2 rings (SSSR count). The Morgan fingerprint density at radius 2 is 1.94 bits per heavy atom. The Bertz CT molecular complexity index is 280. The van der Waals surface area contributed by atoms with E-state index in [2.05, 4.69) is 39.9 Å². The summed E-state index contributed by atoms with van der Waals surface area (Å²) in [5.74, 6) is 1.72. The van der Waals surface area contributed by atoms with Crippen LogP contribution >= 0.6 is 0 Å². The Morgan fingerprint density at radius 3 is 2.44 bits per heavy atom. The van der Waals surface area contributed by atoms with E-state index in [9.17, 15) is 0 Å². The number of hydrogen-bond acceptors (Lipinski definition) is 2. The van der Waals surface area contributed by atoms with Crippen molar-refractivity contribution < 1.29 is 4.74 Å². The predicted octanol–water partition coefficient (Wildman–Crippen LogP) is 3.60. The smallest absolute Gasteiger partial charge is 0.0658 e. The second kappa shape index (κ2) is 5.50. The van der Waals surface area contributed by atoms with Crippen molar-refractivity contribution in [1.29, 1.82) is 0 Å². The Balaban J connectivity index is 1.91. The lowest BCUT2D eigenvalue weighted by Crippen LogP contribution is -2.64. The first-order valence-electron chi connectivity index (χ1n) is 7.90. The maximum atomic E-state index is 5.89. The Hall–Kier alpha value is -0.0800. The van der Waals surface area contributed by atoms with Crippen molar-refractivity contribution in [2.45, 2.75) is 78.5 Å². The molecule has 0 aliphatic heterocycles.